The minimum atomic E-state index is -0.353. The lowest BCUT2D eigenvalue weighted by Gasteiger charge is -2.36. The third kappa shape index (κ3) is 2.09. The van der Waals surface area contributed by atoms with E-state index >= 15 is 0 Å². The van der Waals surface area contributed by atoms with Gasteiger partial charge >= 0.3 is 0 Å². The Morgan fingerprint density at radius 2 is 2.12 bits per heavy atom. The van der Waals surface area contributed by atoms with Crippen molar-refractivity contribution < 1.29 is 9.13 Å². The number of hydrogen-bond acceptors (Lipinski definition) is 2. The zero-order valence-electron chi connectivity index (χ0n) is 9.60. The lowest BCUT2D eigenvalue weighted by atomic mass is 9.88. The van der Waals surface area contributed by atoms with Crippen LogP contribution in [0.3, 0.4) is 0 Å². The molecule has 88 valence electrons. The first kappa shape index (κ1) is 11.5. The molecule has 0 fully saturated rings. The van der Waals surface area contributed by atoms with Crippen molar-refractivity contribution in [2.45, 2.75) is 26.9 Å². The van der Waals surface area contributed by atoms with Crippen LogP contribution >= 0.6 is 11.6 Å². The third-order valence-corrected chi connectivity index (χ3v) is 2.99. The first-order chi connectivity index (χ1) is 7.38. The normalized spacial score (nSPS) is 19.7. The Morgan fingerprint density at radius 1 is 1.44 bits per heavy atom. The van der Waals surface area contributed by atoms with Crippen molar-refractivity contribution in [3.05, 3.63) is 23.0 Å². The van der Waals surface area contributed by atoms with Crippen molar-refractivity contribution in [1.82, 2.24) is 0 Å². The van der Waals surface area contributed by atoms with Gasteiger partial charge in [-0.05, 0) is 6.07 Å². The molecule has 16 heavy (non-hydrogen) atoms. The van der Waals surface area contributed by atoms with E-state index < -0.39 is 0 Å². The molecule has 1 aromatic carbocycles. The van der Waals surface area contributed by atoms with Crippen molar-refractivity contribution in [3.63, 3.8) is 0 Å². The van der Waals surface area contributed by atoms with Crippen molar-refractivity contribution >= 4 is 17.3 Å². The van der Waals surface area contributed by atoms with Crippen molar-refractivity contribution in [2.75, 3.05) is 11.9 Å². The van der Waals surface area contributed by atoms with Crippen LogP contribution in [0.15, 0.2) is 12.1 Å². The highest BCUT2D eigenvalue weighted by atomic mass is 35.5. The average molecular weight is 244 g/mol. The van der Waals surface area contributed by atoms with Gasteiger partial charge in [0, 0.05) is 11.5 Å². The molecule has 1 heterocycles. The molecule has 0 aromatic heterocycles. The molecule has 4 heteroatoms. The van der Waals surface area contributed by atoms with Crippen LogP contribution in [0.5, 0.6) is 5.75 Å². The highest BCUT2D eigenvalue weighted by Gasteiger charge is 2.31. The van der Waals surface area contributed by atoms with Gasteiger partial charge in [0.25, 0.3) is 0 Å². The van der Waals surface area contributed by atoms with Gasteiger partial charge in [0.1, 0.15) is 11.9 Å². The van der Waals surface area contributed by atoms with E-state index in [2.05, 4.69) is 26.1 Å². The summed E-state index contributed by atoms with van der Waals surface area (Å²) in [6.45, 7) is 6.96. The highest BCUT2D eigenvalue weighted by molar-refractivity contribution is 6.32. The quantitative estimate of drug-likeness (QED) is 0.750. The standard InChI is InChI=1S/C12H15ClFNO/c1-12(2,3)10-6-15-9-5-7(14)4-8(13)11(9)16-10/h4-5,10,15H,6H2,1-3H3. The van der Waals surface area contributed by atoms with Gasteiger partial charge in [0.2, 0.25) is 0 Å². The van der Waals surface area contributed by atoms with Crippen LogP contribution in [-0.4, -0.2) is 12.6 Å². The fraction of sp³-hybridized carbons (Fsp3) is 0.500. The van der Waals surface area contributed by atoms with Crippen LogP contribution in [-0.2, 0) is 0 Å². The minimum absolute atomic E-state index is 0.0163. The number of anilines is 1. The molecular weight excluding hydrogens is 229 g/mol. The molecule has 1 aliphatic rings. The first-order valence-electron chi connectivity index (χ1n) is 5.27. The molecule has 1 atom stereocenters. The summed E-state index contributed by atoms with van der Waals surface area (Å²) in [7, 11) is 0. The average Bonchev–Trinajstić information content (AvgIpc) is 2.15. The van der Waals surface area contributed by atoms with Gasteiger partial charge in [-0.25, -0.2) is 4.39 Å². The topological polar surface area (TPSA) is 21.3 Å². The van der Waals surface area contributed by atoms with Gasteiger partial charge in [-0.15, -0.1) is 0 Å². The first-order valence-corrected chi connectivity index (χ1v) is 5.65. The fourth-order valence-electron chi connectivity index (χ4n) is 1.68. The van der Waals surface area contributed by atoms with Crippen LogP contribution in [0.4, 0.5) is 10.1 Å². The van der Waals surface area contributed by atoms with Crippen LogP contribution in [0, 0.1) is 11.2 Å². The molecule has 0 aliphatic carbocycles. The largest absolute Gasteiger partial charge is 0.484 e. The van der Waals surface area contributed by atoms with Gasteiger partial charge in [-0.2, -0.15) is 0 Å². The fourth-order valence-corrected chi connectivity index (χ4v) is 1.93. The van der Waals surface area contributed by atoms with Crippen LogP contribution in [0.25, 0.3) is 0 Å². The lowest BCUT2D eigenvalue weighted by molar-refractivity contribution is 0.0922. The Morgan fingerprint density at radius 3 is 2.75 bits per heavy atom. The summed E-state index contributed by atoms with van der Waals surface area (Å²) in [4.78, 5) is 0. The monoisotopic (exact) mass is 243 g/mol. The van der Waals surface area contributed by atoms with E-state index in [4.69, 9.17) is 16.3 Å². The molecule has 0 saturated carbocycles. The molecule has 1 aromatic rings. The zero-order valence-corrected chi connectivity index (χ0v) is 10.4. The molecule has 0 bridgehead atoms. The van der Waals surface area contributed by atoms with Gasteiger partial charge < -0.3 is 10.1 Å². The lowest BCUT2D eigenvalue weighted by Crippen LogP contribution is -2.41. The van der Waals surface area contributed by atoms with Gasteiger partial charge in [0.05, 0.1) is 17.3 Å². The summed E-state index contributed by atoms with van der Waals surface area (Å²) in [6.07, 6.45) is 0.0305. The maximum absolute atomic E-state index is 13.1. The number of nitrogens with one attached hydrogen (secondary N) is 1. The Labute approximate surface area is 99.7 Å². The van der Waals surface area contributed by atoms with E-state index in [1.54, 1.807) is 0 Å². The predicted octanol–water partition coefficient (Wildman–Crippen LogP) is 3.70. The van der Waals surface area contributed by atoms with Crippen LogP contribution < -0.4 is 10.1 Å². The summed E-state index contributed by atoms with van der Waals surface area (Å²) in [5.41, 5.74) is 0.646. The summed E-state index contributed by atoms with van der Waals surface area (Å²) >= 11 is 5.96. The molecular formula is C12H15ClFNO. The molecule has 1 aliphatic heterocycles. The second-order valence-corrected chi connectivity index (χ2v) is 5.52. The van der Waals surface area contributed by atoms with Crippen LogP contribution in [0.2, 0.25) is 5.02 Å². The number of hydrogen-bond donors (Lipinski definition) is 1. The Hall–Kier alpha value is -0.960. The Balaban J connectivity index is 2.34. The number of fused-ring (bicyclic) bond motifs is 1. The number of rotatable bonds is 0. The van der Waals surface area contributed by atoms with Crippen molar-refractivity contribution in [3.8, 4) is 5.75 Å². The molecule has 1 N–H and O–H groups in total. The van der Waals surface area contributed by atoms with E-state index in [1.807, 2.05) is 0 Å². The van der Waals surface area contributed by atoms with Crippen molar-refractivity contribution in [1.29, 1.82) is 0 Å². The van der Waals surface area contributed by atoms with Gasteiger partial charge in [0.15, 0.2) is 5.75 Å². The van der Waals surface area contributed by atoms with Gasteiger partial charge in [-0.1, -0.05) is 32.4 Å². The van der Waals surface area contributed by atoms with E-state index in [-0.39, 0.29) is 17.3 Å². The molecule has 2 rings (SSSR count). The molecule has 2 nitrogen and oxygen atoms in total. The second kappa shape index (κ2) is 3.81. The number of halogens is 2. The predicted molar refractivity (Wildman–Crippen MR) is 63.8 cm³/mol. The van der Waals surface area contributed by atoms with E-state index in [0.717, 1.165) is 0 Å². The third-order valence-electron chi connectivity index (χ3n) is 2.71. The molecule has 0 spiro atoms. The maximum Gasteiger partial charge on any atom is 0.161 e. The summed E-state index contributed by atoms with van der Waals surface area (Å²) in [6, 6.07) is 2.67. The van der Waals surface area contributed by atoms with Crippen LogP contribution in [0.1, 0.15) is 20.8 Å². The highest BCUT2D eigenvalue weighted by Crippen LogP contribution is 2.40. The molecule has 0 amide bonds. The molecule has 0 saturated heterocycles. The minimum Gasteiger partial charge on any atom is -0.484 e. The Bertz CT molecular complexity index is 414. The maximum atomic E-state index is 13.1. The molecule has 1 unspecified atom stereocenters. The SMILES string of the molecule is CC(C)(C)C1CNc2cc(F)cc(Cl)c2O1. The number of benzene rings is 1. The van der Waals surface area contributed by atoms with Gasteiger partial charge in [-0.3, -0.25) is 0 Å². The smallest absolute Gasteiger partial charge is 0.161 e. The van der Waals surface area contributed by atoms with E-state index in [0.29, 0.717) is 23.0 Å². The van der Waals surface area contributed by atoms with E-state index in [1.165, 1.54) is 12.1 Å². The Kier molecular flexibility index (Phi) is 2.74. The second-order valence-electron chi connectivity index (χ2n) is 5.12. The summed E-state index contributed by atoms with van der Waals surface area (Å²) in [5, 5.41) is 3.47. The van der Waals surface area contributed by atoms with E-state index in [9.17, 15) is 4.39 Å². The zero-order chi connectivity index (χ0) is 11.9. The molecule has 0 radical (unpaired) electrons. The summed E-state index contributed by atoms with van der Waals surface area (Å²) in [5.74, 6) is 0.198. The summed E-state index contributed by atoms with van der Waals surface area (Å²) < 4.78 is 18.9. The number of ether oxygens (including phenoxy) is 1. The van der Waals surface area contributed by atoms with Crippen molar-refractivity contribution in [2.24, 2.45) is 5.41 Å².